The van der Waals surface area contributed by atoms with Gasteiger partial charge in [0.25, 0.3) is 0 Å². The third-order valence-corrected chi connectivity index (χ3v) is 1.84. The standard InChI is InChI=1S/C8H9BrN2O2/c1-2-13-8(12)6-4-10-7(3-9)11-5-6/h4-5H,2-3H2,1H3. The number of carbonyl (C=O) groups excluding carboxylic acids is 1. The average Bonchev–Trinajstić information content (AvgIpc) is 2.18. The lowest BCUT2D eigenvalue weighted by atomic mass is 10.3. The van der Waals surface area contributed by atoms with Crippen molar-refractivity contribution in [2.24, 2.45) is 0 Å². The molecule has 0 saturated heterocycles. The monoisotopic (exact) mass is 244 g/mol. The second-order valence-corrected chi connectivity index (χ2v) is 2.80. The van der Waals surface area contributed by atoms with Crippen molar-refractivity contribution in [3.63, 3.8) is 0 Å². The van der Waals surface area contributed by atoms with Crippen molar-refractivity contribution in [1.82, 2.24) is 9.97 Å². The molecule has 0 unspecified atom stereocenters. The van der Waals surface area contributed by atoms with E-state index < -0.39 is 0 Å². The lowest BCUT2D eigenvalue weighted by molar-refractivity contribution is 0.0525. The molecule has 1 heterocycles. The van der Waals surface area contributed by atoms with E-state index in [-0.39, 0.29) is 5.97 Å². The number of esters is 1. The maximum atomic E-state index is 11.1. The lowest BCUT2D eigenvalue weighted by Gasteiger charge is -2.00. The molecule has 70 valence electrons. The average molecular weight is 245 g/mol. The highest BCUT2D eigenvalue weighted by Gasteiger charge is 2.06. The molecule has 0 aliphatic rings. The zero-order valence-electron chi connectivity index (χ0n) is 7.16. The molecule has 1 aromatic heterocycles. The maximum Gasteiger partial charge on any atom is 0.341 e. The van der Waals surface area contributed by atoms with Gasteiger partial charge in [0.1, 0.15) is 5.82 Å². The second-order valence-electron chi connectivity index (χ2n) is 2.24. The van der Waals surface area contributed by atoms with Crippen LogP contribution in [0.25, 0.3) is 0 Å². The van der Waals surface area contributed by atoms with Crippen LogP contribution in [0.1, 0.15) is 23.1 Å². The van der Waals surface area contributed by atoms with Crippen LogP contribution in [0, 0.1) is 0 Å². The van der Waals surface area contributed by atoms with Gasteiger partial charge < -0.3 is 4.74 Å². The number of nitrogens with zero attached hydrogens (tertiary/aromatic N) is 2. The Labute approximate surface area is 84.5 Å². The molecule has 0 spiro atoms. The van der Waals surface area contributed by atoms with Gasteiger partial charge in [-0.2, -0.15) is 0 Å². The molecule has 1 rings (SSSR count). The number of alkyl halides is 1. The van der Waals surface area contributed by atoms with Crippen LogP contribution in [0.15, 0.2) is 12.4 Å². The fourth-order valence-corrected chi connectivity index (χ4v) is 1.03. The quantitative estimate of drug-likeness (QED) is 0.598. The minimum absolute atomic E-state index is 0.360. The van der Waals surface area contributed by atoms with Gasteiger partial charge in [0, 0.05) is 12.4 Å². The van der Waals surface area contributed by atoms with Gasteiger partial charge in [-0.25, -0.2) is 14.8 Å². The zero-order valence-corrected chi connectivity index (χ0v) is 8.74. The van der Waals surface area contributed by atoms with Crippen molar-refractivity contribution < 1.29 is 9.53 Å². The fourth-order valence-electron chi connectivity index (χ4n) is 0.744. The third kappa shape index (κ3) is 2.77. The van der Waals surface area contributed by atoms with E-state index in [1.54, 1.807) is 6.92 Å². The van der Waals surface area contributed by atoms with Crippen molar-refractivity contribution in [2.45, 2.75) is 12.3 Å². The van der Waals surface area contributed by atoms with E-state index in [2.05, 4.69) is 25.9 Å². The van der Waals surface area contributed by atoms with E-state index in [0.717, 1.165) is 0 Å². The fraction of sp³-hybridized carbons (Fsp3) is 0.375. The van der Waals surface area contributed by atoms with Crippen LogP contribution in [0.3, 0.4) is 0 Å². The Hall–Kier alpha value is -0.970. The Kier molecular flexibility index (Phi) is 3.82. The number of carbonyl (C=O) groups is 1. The Morgan fingerprint density at radius 1 is 1.54 bits per heavy atom. The van der Waals surface area contributed by atoms with Gasteiger partial charge in [-0.3, -0.25) is 0 Å². The Morgan fingerprint density at radius 3 is 2.62 bits per heavy atom. The molecule has 13 heavy (non-hydrogen) atoms. The molecule has 0 amide bonds. The molecule has 0 atom stereocenters. The number of halogens is 1. The van der Waals surface area contributed by atoms with E-state index in [1.165, 1.54) is 12.4 Å². The van der Waals surface area contributed by atoms with Crippen LogP contribution in [0.4, 0.5) is 0 Å². The molecule has 0 N–H and O–H groups in total. The minimum atomic E-state index is -0.386. The molecule has 5 heteroatoms. The van der Waals surface area contributed by atoms with Crippen LogP contribution in [-0.2, 0) is 10.1 Å². The largest absolute Gasteiger partial charge is 0.462 e. The van der Waals surface area contributed by atoms with Gasteiger partial charge in [0.15, 0.2) is 0 Å². The molecule has 4 nitrogen and oxygen atoms in total. The molecular weight excluding hydrogens is 236 g/mol. The van der Waals surface area contributed by atoms with Gasteiger partial charge in [0.05, 0.1) is 17.5 Å². The van der Waals surface area contributed by atoms with Gasteiger partial charge in [-0.1, -0.05) is 15.9 Å². The summed E-state index contributed by atoms with van der Waals surface area (Å²) in [5.74, 6) is 0.261. The maximum absolute atomic E-state index is 11.1. The summed E-state index contributed by atoms with van der Waals surface area (Å²) >= 11 is 3.21. The first-order chi connectivity index (χ1) is 6.27. The minimum Gasteiger partial charge on any atom is -0.462 e. The number of ether oxygens (including phenoxy) is 1. The van der Waals surface area contributed by atoms with Crippen molar-refractivity contribution in [3.05, 3.63) is 23.8 Å². The molecule has 0 radical (unpaired) electrons. The van der Waals surface area contributed by atoms with E-state index in [9.17, 15) is 4.79 Å². The van der Waals surface area contributed by atoms with Crippen LogP contribution >= 0.6 is 15.9 Å². The van der Waals surface area contributed by atoms with Gasteiger partial charge in [-0.15, -0.1) is 0 Å². The van der Waals surface area contributed by atoms with Crippen LogP contribution in [0.2, 0.25) is 0 Å². The first-order valence-electron chi connectivity index (χ1n) is 3.82. The van der Waals surface area contributed by atoms with E-state index in [0.29, 0.717) is 23.3 Å². The third-order valence-electron chi connectivity index (χ3n) is 1.34. The summed E-state index contributed by atoms with van der Waals surface area (Å²) in [4.78, 5) is 19.0. The highest BCUT2D eigenvalue weighted by atomic mass is 79.9. The van der Waals surface area contributed by atoms with Crippen molar-refractivity contribution in [1.29, 1.82) is 0 Å². The van der Waals surface area contributed by atoms with E-state index in [4.69, 9.17) is 4.74 Å². The zero-order chi connectivity index (χ0) is 9.68. The predicted molar refractivity (Wildman–Crippen MR) is 50.6 cm³/mol. The highest BCUT2D eigenvalue weighted by molar-refractivity contribution is 9.08. The van der Waals surface area contributed by atoms with Gasteiger partial charge in [0.2, 0.25) is 0 Å². The van der Waals surface area contributed by atoms with Crippen LogP contribution < -0.4 is 0 Å². The Bertz CT molecular complexity index is 287. The smallest absolute Gasteiger partial charge is 0.341 e. The summed E-state index contributed by atoms with van der Waals surface area (Å²) in [7, 11) is 0. The van der Waals surface area contributed by atoms with Crippen LogP contribution in [0.5, 0.6) is 0 Å². The number of hydrogen-bond acceptors (Lipinski definition) is 4. The SMILES string of the molecule is CCOC(=O)c1cnc(CBr)nc1. The van der Waals surface area contributed by atoms with Gasteiger partial charge >= 0.3 is 5.97 Å². The first-order valence-corrected chi connectivity index (χ1v) is 4.94. The van der Waals surface area contributed by atoms with Crippen LogP contribution in [-0.4, -0.2) is 22.5 Å². The van der Waals surface area contributed by atoms with E-state index >= 15 is 0 Å². The summed E-state index contributed by atoms with van der Waals surface area (Å²) in [6.45, 7) is 2.12. The second kappa shape index (κ2) is 4.91. The predicted octanol–water partition coefficient (Wildman–Crippen LogP) is 1.55. The summed E-state index contributed by atoms with van der Waals surface area (Å²) < 4.78 is 4.77. The molecule has 0 bridgehead atoms. The number of aromatic nitrogens is 2. The molecule has 0 aliphatic carbocycles. The molecule has 0 aromatic carbocycles. The first kappa shape index (κ1) is 10.1. The number of rotatable bonds is 3. The summed E-state index contributed by atoms with van der Waals surface area (Å²) in [5, 5.41) is 0.579. The van der Waals surface area contributed by atoms with E-state index in [1.807, 2.05) is 0 Å². The van der Waals surface area contributed by atoms with Crippen molar-refractivity contribution >= 4 is 21.9 Å². The summed E-state index contributed by atoms with van der Waals surface area (Å²) in [6, 6.07) is 0. The Morgan fingerprint density at radius 2 is 2.15 bits per heavy atom. The normalized spacial score (nSPS) is 9.69. The lowest BCUT2D eigenvalue weighted by Crippen LogP contribution is -2.06. The molecule has 0 saturated carbocycles. The topological polar surface area (TPSA) is 52.1 Å². The Balaban J connectivity index is 2.74. The molecular formula is C8H9BrN2O2. The molecule has 0 aliphatic heterocycles. The molecule has 0 fully saturated rings. The van der Waals surface area contributed by atoms with Gasteiger partial charge in [-0.05, 0) is 6.92 Å². The van der Waals surface area contributed by atoms with Crippen molar-refractivity contribution in [2.75, 3.05) is 6.61 Å². The van der Waals surface area contributed by atoms with Crippen molar-refractivity contribution in [3.8, 4) is 0 Å². The summed E-state index contributed by atoms with van der Waals surface area (Å²) in [6.07, 6.45) is 2.92. The number of hydrogen-bond donors (Lipinski definition) is 0. The molecule has 1 aromatic rings. The summed E-state index contributed by atoms with van der Waals surface area (Å²) in [5.41, 5.74) is 0.381. The highest BCUT2D eigenvalue weighted by Crippen LogP contribution is 2.01.